The van der Waals surface area contributed by atoms with Gasteiger partial charge in [-0.25, -0.2) is 0 Å². The topological polar surface area (TPSA) is 38.3 Å². The lowest BCUT2D eigenvalue weighted by atomic mass is 9.94. The molecule has 1 aromatic rings. The third-order valence-electron chi connectivity index (χ3n) is 2.48. The van der Waals surface area contributed by atoms with Crippen molar-refractivity contribution in [2.45, 2.75) is 5.60 Å². The molecule has 0 radical (unpaired) electrons. The Kier molecular flexibility index (Phi) is 2.61. The molecule has 3 nitrogen and oxygen atoms in total. The highest BCUT2D eigenvalue weighted by molar-refractivity contribution is 5.66. The Morgan fingerprint density at radius 2 is 2.14 bits per heavy atom. The first-order valence-corrected chi connectivity index (χ1v) is 4.74. The summed E-state index contributed by atoms with van der Waals surface area (Å²) in [6.45, 7) is 1.94. The Labute approximate surface area is 83.1 Å². The van der Waals surface area contributed by atoms with E-state index >= 15 is 0 Å². The molecule has 0 spiro atoms. The van der Waals surface area contributed by atoms with Crippen molar-refractivity contribution in [1.82, 2.24) is 5.32 Å². The van der Waals surface area contributed by atoms with Crippen molar-refractivity contribution >= 4 is 6.29 Å². The van der Waals surface area contributed by atoms with Gasteiger partial charge in [0.2, 0.25) is 0 Å². The number of nitrogens with one attached hydrogen (secondary N) is 1. The molecule has 1 fully saturated rings. The molecule has 3 heteroatoms. The molecule has 0 aliphatic carbocycles. The molecule has 1 aliphatic rings. The summed E-state index contributed by atoms with van der Waals surface area (Å²) in [7, 11) is 0. The van der Waals surface area contributed by atoms with Crippen LogP contribution in [0.15, 0.2) is 30.3 Å². The number of aldehydes is 1. The Balaban J connectivity index is 2.32. The molecule has 1 unspecified atom stereocenters. The van der Waals surface area contributed by atoms with Gasteiger partial charge in [-0.15, -0.1) is 0 Å². The second kappa shape index (κ2) is 3.90. The van der Waals surface area contributed by atoms with E-state index in [0.717, 1.165) is 18.4 Å². The number of hydrogen-bond acceptors (Lipinski definition) is 3. The molecule has 0 aromatic heterocycles. The molecule has 0 bridgehead atoms. The average Bonchev–Trinajstić information content (AvgIpc) is 2.31. The van der Waals surface area contributed by atoms with Gasteiger partial charge < -0.3 is 10.1 Å². The highest BCUT2D eigenvalue weighted by Gasteiger charge is 2.34. The van der Waals surface area contributed by atoms with Gasteiger partial charge in [0.05, 0.1) is 6.61 Å². The number of benzene rings is 1. The van der Waals surface area contributed by atoms with Crippen LogP contribution in [-0.2, 0) is 15.1 Å². The molecular weight excluding hydrogens is 178 g/mol. The molecule has 14 heavy (non-hydrogen) atoms. The summed E-state index contributed by atoms with van der Waals surface area (Å²) in [6, 6.07) is 9.60. The normalized spacial score (nSPS) is 27.1. The van der Waals surface area contributed by atoms with E-state index in [1.54, 1.807) is 0 Å². The van der Waals surface area contributed by atoms with Gasteiger partial charge in [0, 0.05) is 13.1 Å². The molecule has 1 aliphatic heterocycles. The van der Waals surface area contributed by atoms with Gasteiger partial charge >= 0.3 is 0 Å². The van der Waals surface area contributed by atoms with E-state index < -0.39 is 5.60 Å². The standard InChI is InChI=1S/C11H13NO2/c13-9-11(8-12-6-7-14-11)10-4-2-1-3-5-10/h1-5,9,12H,6-8H2. The number of hydrogen-bond donors (Lipinski definition) is 1. The Bertz CT molecular complexity index is 304. The fourth-order valence-electron chi connectivity index (χ4n) is 1.68. The minimum absolute atomic E-state index is 0.556. The predicted octanol–water partition coefficient (Wildman–Crippen LogP) is 0.701. The third kappa shape index (κ3) is 1.56. The van der Waals surface area contributed by atoms with Crippen LogP contribution in [0.1, 0.15) is 5.56 Å². The molecule has 1 aromatic carbocycles. The van der Waals surface area contributed by atoms with E-state index in [2.05, 4.69) is 5.32 Å². The van der Waals surface area contributed by atoms with Crippen LogP contribution in [0.2, 0.25) is 0 Å². The van der Waals surface area contributed by atoms with Crippen molar-refractivity contribution in [2.75, 3.05) is 19.7 Å². The first-order chi connectivity index (χ1) is 6.87. The molecule has 1 N–H and O–H groups in total. The van der Waals surface area contributed by atoms with E-state index in [0.29, 0.717) is 13.2 Å². The summed E-state index contributed by atoms with van der Waals surface area (Å²) in [5.41, 5.74) is 0.140. The molecule has 74 valence electrons. The van der Waals surface area contributed by atoms with Crippen LogP contribution in [0.4, 0.5) is 0 Å². The SMILES string of the molecule is O=CC1(c2ccccc2)CNCCO1. The molecule has 1 atom stereocenters. The van der Waals surface area contributed by atoms with E-state index in [4.69, 9.17) is 4.74 Å². The lowest BCUT2D eigenvalue weighted by Crippen LogP contribution is -2.48. The maximum Gasteiger partial charge on any atom is 0.160 e. The second-order valence-corrected chi connectivity index (χ2v) is 3.40. The van der Waals surface area contributed by atoms with Gasteiger partial charge in [-0.3, -0.25) is 4.79 Å². The first kappa shape index (κ1) is 9.37. The molecule has 0 saturated carbocycles. The Morgan fingerprint density at radius 3 is 2.71 bits per heavy atom. The first-order valence-electron chi connectivity index (χ1n) is 4.74. The van der Waals surface area contributed by atoms with E-state index in [-0.39, 0.29) is 0 Å². The fraction of sp³-hybridized carbons (Fsp3) is 0.364. The van der Waals surface area contributed by atoms with Gasteiger partial charge in [-0.05, 0) is 5.56 Å². The van der Waals surface area contributed by atoms with E-state index in [1.165, 1.54) is 0 Å². The van der Waals surface area contributed by atoms with Crippen molar-refractivity contribution in [3.63, 3.8) is 0 Å². The van der Waals surface area contributed by atoms with Gasteiger partial charge in [0.1, 0.15) is 0 Å². The largest absolute Gasteiger partial charge is 0.360 e. The number of morpholine rings is 1. The fourth-order valence-corrected chi connectivity index (χ4v) is 1.68. The van der Waals surface area contributed by atoms with E-state index in [9.17, 15) is 4.79 Å². The highest BCUT2D eigenvalue weighted by atomic mass is 16.5. The molecular formula is C11H13NO2. The van der Waals surface area contributed by atoms with Crippen molar-refractivity contribution in [3.8, 4) is 0 Å². The molecule has 1 saturated heterocycles. The zero-order valence-electron chi connectivity index (χ0n) is 7.90. The van der Waals surface area contributed by atoms with E-state index in [1.807, 2.05) is 30.3 Å². The number of rotatable bonds is 2. The lowest BCUT2D eigenvalue weighted by Gasteiger charge is -2.33. The predicted molar refractivity (Wildman–Crippen MR) is 53.0 cm³/mol. The average molecular weight is 191 g/mol. The quantitative estimate of drug-likeness (QED) is 0.699. The summed E-state index contributed by atoms with van der Waals surface area (Å²) in [5.74, 6) is 0. The van der Waals surface area contributed by atoms with Gasteiger partial charge in [-0.1, -0.05) is 30.3 Å². The summed E-state index contributed by atoms with van der Waals surface area (Å²) in [5, 5.41) is 3.17. The smallest absolute Gasteiger partial charge is 0.160 e. The summed E-state index contributed by atoms with van der Waals surface area (Å²) >= 11 is 0. The summed E-state index contributed by atoms with van der Waals surface area (Å²) in [6.07, 6.45) is 0.883. The molecule has 2 rings (SSSR count). The zero-order valence-corrected chi connectivity index (χ0v) is 7.90. The maximum atomic E-state index is 11.1. The lowest BCUT2D eigenvalue weighted by molar-refractivity contribution is -0.136. The Hall–Kier alpha value is -1.19. The Morgan fingerprint density at radius 1 is 1.36 bits per heavy atom. The van der Waals surface area contributed by atoms with Crippen LogP contribution in [-0.4, -0.2) is 26.0 Å². The zero-order chi connectivity index (χ0) is 9.86. The van der Waals surface area contributed by atoms with Crippen LogP contribution in [0, 0.1) is 0 Å². The van der Waals surface area contributed by atoms with Crippen LogP contribution >= 0.6 is 0 Å². The van der Waals surface area contributed by atoms with Crippen molar-refractivity contribution in [1.29, 1.82) is 0 Å². The molecule has 0 amide bonds. The highest BCUT2D eigenvalue weighted by Crippen LogP contribution is 2.24. The summed E-state index contributed by atoms with van der Waals surface area (Å²) in [4.78, 5) is 11.1. The van der Waals surface area contributed by atoms with Crippen LogP contribution < -0.4 is 5.32 Å². The molecule has 1 heterocycles. The van der Waals surface area contributed by atoms with Crippen LogP contribution in [0.3, 0.4) is 0 Å². The van der Waals surface area contributed by atoms with Crippen LogP contribution in [0.5, 0.6) is 0 Å². The number of carbonyl (C=O) groups excluding carboxylic acids is 1. The minimum Gasteiger partial charge on any atom is -0.360 e. The minimum atomic E-state index is -0.778. The van der Waals surface area contributed by atoms with Gasteiger partial charge in [0.25, 0.3) is 0 Å². The van der Waals surface area contributed by atoms with Crippen molar-refractivity contribution in [2.24, 2.45) is 0 Å². The summed E-state index contributed by atoms with van der Waals surface area (Å²) < 4.78 is 5.57. The van der Waals surface area contributed by atoms with Gasteiger partial charge in [0.15, 0.2) is 11.9 Å². The number of carbonyl (C=O) groups is 1. The third-order valence-corrected chi connectivity index (χ3v) is 2.48. The van der Waals surface area contributed by atoms with Gasteiger partial charge in [-0.2, -0.15) is 0 Å². The van der Waals surface area contributed by atoms with Crippen LogP contribution in [0.25, 0.3) is 0 Å². The van der Waals surface area contributed by atoms with Crippen molar-refractivity contribution in [3.05, 3.63) is 35.9 Å². The maximum absolute atomic E-state index is 11.1. The van der Waals surface area contributed by atoms with Crippen molar-refractivity contribution < 1.29 is 9.53 Å². The monoisotopic (exact) mass is 191 g/mol. The number of ether oxygens (including phenoxy) is 1. The second-order valence-electron chi connectivity index (χ2n) is 3.40.